The van der Waals surface area contributed by atoms with Crippen LogP contribution >= 0.6 is 0 Å². The highest BCUT2D eigenvalue weighted by atomic mass is 16.5. The quantitative estimate of drug-likeness (QED) is 0.321. The molecule has 1 unspecified atom stereocenters. The van der Waals surface area contributed by atoms with Crippen LogP contribution in [0.2, 0.25) is 0 Å². The number of aliphatic hydroxyl groups is 1. The maximum Gasteiger partial charge on any atom is 0.305 e. The van der Waals surface area contributed by atoms with Crippen molar-refractivity contribution in [3.8, 4) is 0 Å². The standard InChI is InChI=1S/C30H50O3/c1-7-28(32)33-27-18-22(31)17-21-11-12-23-25-14-13-24(20(4)10-8-9-19(2)3)29(25,5)16-15-26(23)30(21,27)6/h11,19-20,22-27,31H,7-10,12-18H2,1-6H3/t20-,22+,23+,24-,25+,26+,27?,29-,30+/m1/s1. The summed E-state index contributed by atoms with van der Waals surface area (Å²) in [4.78, 5) is 12.3. The molecular formula is C30H50O3. The van der Waals surface area contributed by atoms with Crippen LogP contribution in [0.15, 0.2) is 11.6 Å². The van der Waals surface area contributed by atoms with E-state index in [9.17, 15) is 9.90 Å². The molecule has 3 saturated carbocycles. The predicted octanol–water partition coefficient (Wildman–Crippen LogP) is 7.32. The lowest BCUT2D eigenvalue weighted by molar-refractivity contribution is -0.169. The zero-order chi connectivity index (χ0) is 24.0. The molecule has 1 N–H and O–H groups in total. The van der Waals surface area contributed by atoms with Gasteiger partial charge in [0.25, 0.3) is 0 Å². The summed E-state index contributed by atoms with van der Waals surface area (Å²) in [6.07, 6.45) is 14.3. The summed E-state index contributed by atoms with van der Waals surface area (Å²) in [5, 5.41) is 10.6. The van der Waals surface area contributed by atoms with Crippen LogP contribution in [-0.2, 0) is 9.53 Å². The lowest BCUT2D eigenvalue weighted by Crippen LogP contribution is -2.56. The van der Waals surface area contributed by atoms with E-state index < -0.39 is 0 Å². The number of rotatable bonds is 7. The maximum absolute atomic E-state index is 12.3. The lowest BCUT2D eigenvalue weighted by atomic mass is 9.46. The molecule has 0 aromatic carbocycles. The number of ether oxygens (including phenoxy) is 1. The molecule has 0 aromatic rings. The zero-order valence-corrected chi connectivity index (χ0v) is 22.2. The van der Waals surface area contributed by atoms with Crippen molar-refractivity contribution in [2.75, 3.05) is 0 Å². The van der Waals surface area contributed by atoms with Crippen molar-refractivity contribution < 1.29 is 14.6 Å². The molecule has 0 radical (unpaired) electrons. The van der Waals surface area contributed by atoms with Crippen LogP contribution < -0.4 is 0 Å². The Balaban J connectivity index is 1.55. The van der Waals surface area contributed by atoms with E-state index >= 15 is 0 Å². The molecule has 0 aromatic heterocycles. The molecule has 33 heavy (non-hydrogen) atoms. The van der Waals surface area contributed by atoms with Crippen molar-refractivity contribution in [3.63, 3.8) is 0 Å². The second-order valence-electron chi connectivity index (χ2n) is 13.1. The molecule has 0 spiro atoms. The van der Waals surface area contributed by atoms with Crippen LogP contribution in [0.3, 0.4) is 0 Å². The van der Waals surface area contributed by atoms with Crippen LogP contribution in [0.25, 0.3) is 0 Å². The summed E-state index contributed by atoms with van der Waals surface area (Å²) in [5.74, 6) is 4.44. The molecule has 188 valence electrons. The normalized spacial score (nSPS) is 43.3. The fourth-order valence-corrected chi connectivity index (χ4v) is 9.11. The maximum atomic E-state index is 12.3. The summed E-state index contributed by atoms with van der Waals surface area (Å²) in [5.41, 5.74) is 1.73. The number of carbonyl (C=O) groups is 1. The van der Waals surface area contributed by atoms with Crippen LogP contribution in [0.4, 0.5) is 0 Å². The van der Waals surface area contributed by atoms with E-state index in [2.05, 4.69) is 40.7 Å². The fourth-order valence-electron chi connectivity index (χ4n) is 9.11. The van der Waals surface area contributed by atoms with Gasteiger partial charge < -0.3 is 9.84 Å². The van der Waals surface area contributed by atoms with Gasteiger partial charge in [0.15, 0.2) is 0 Å². The molecule has 3 nitrogen and oxygen atoms in total. The molecular weight excluding hydrogens is 408 g/mol. The first-order chi connectivity index (χ1) is 15.6. The van der Waals surface area contributed by atoms with Crippen molar-refractivity contribution in [2.45, 2.75) is 124 Å². The van der Waals surface area contributed by atoms with Crippen molar-refractivity contribution in [2.24, 2.45) is 46.3 Å². The summed E-state index contributed by atoms with van der Waals surface area (Å²) < 4.78 is 6.05. The Bertz CT molecular complexity index is 741. The average molecular weight is 459 g/mol. The molecule has 3 heteroatoms. The van der Waals surface area contributed by atoms with Crippen LogP contribution in [0.1, 0.15) is 112 Å². The minimum Gasteiger partial charge on any atom is -0.461 e. The largest absolute Gasteiger partial charge is 0.461 e. The summed E-state index contributed by atoms with van der Waals surface area (Å²) >= 11 is 0. The first-order valence-electron chi connectivity index (χ1n) is 14.2. The predicted molar refractivity (Wildman–Crippen MR) is 135 cm³/mol. The van der Waals surface area contributed by atoms with E-state index in [1.807, 2.05) is 6.92 Å². The van der Waals surface area contributed by atoms with Gasteiger partial charge in [-0.3, -0.25) is 4.79 Å². The molecule has 0 aliphatic heterocycles. The first-order valence-corrected chi connectivity index (χ1v) is 14.2. The van der Waals surface area contributed by atoms with E-state index in [0.29, 0.717) is 30.1 Å². The van der Waals surface area contributed by atoms with Crippen LogP contribution in [0.5, 0.6) is 0 Å². The van der Waals surface area contributed by atoms with Gasteiger partial charge in [-0.2, -0.15) is 0 Å². The van der Waals surface area contributed by atoms with Gasteiger partial charge >= 0.3 is 5.97 Å². The zero-order valence-electron chi connectivity index (χ0n) is 22.2. The van der Waals surface area contributed by atoms with E-state index in [-0.39, 0.29) is 23.6 Å². The Kier molecular flexibility index (Phi) is 7.40. The third kappa shape index (κ3) is 4.45. The number of hydrogen-bond donors (Lipinski definition) is 1. The van der Waals surface area contributed by atoms with E-state index in [0.717, 1.165) is 36.5 Å². The second kappa shape index (κ2) is 9.67. The van der Waals surface area contributed by atoms with Crippen molar-refractivity contribution in [1.29, 1.82) is 0 Å². The van der Waals surface area contributed by atoms with E-state index in [1.54, 1.807) is 0 Å². The van der Waals surface area contributed by atoms with Gasteiger partial charge in [-0.05, 0) is 79.4 Å². The summed E-state index contributed by atoms with van der Waals surface area (Å²) in [7, 11) is 0. The van der Waals surface area contributed by atoms with Crippen molar-refractivity contribution in [1.82, 2.24) is 0 Å². The molecule has 3 fully saturated rings. The molecule has 4 rings (SSSR count). The van der Waals surface area contributed by atoms with Crippen LogP contribution in [-0.4, -0.2) is 23.3 Å². The smallest absolute Gasteiger partial charge is 0.305 e. The fraction of sp³-hybridized carbons (Fsp3) is 0.900. The van der Waals surface area contributed by atoms with Crippen molar-refractivity contribution in [3.05, 3.63) is 11.6 Å². The second-order valence-corrected chi connectivity index (χ2v) is 13.1. The molecule has 0 amide bonds. The van der Waals surface area contributed by atoms with Gasteiger partial charge in [-0.25, -0.2) is 0 Å². The Morgan fingerprint density at radius 2 is 1.91 bits per heavy atom. The molecule has 0 bridgehead atoms. The third-order valence-corrected chi connectivity index (χ3v) is 10.9. The number of carbonyl (C=O) groups excluding carboxylic acids is 1. The van der Waals surface area contributed by atoms with Gasteiger partial charge in [0.05, 0.1) is 6.10 Å². The summed E-state index contributed by atoms with van der Waals surface area (Å²) in [6, 6.07) is 0. The lowest BCUT2D eigenvalue weighted by Gasteiger charge is -2.60. The highest BCUT2D eigenvalue weighted by Crippen LogP contribution is 2.67. The number of allylic oxidation sites excluding steroid dienone is 1. The minimum absolute atomic E-state index is 0.102. The molecule has 4 aliphatic rings. The number of fused-ring (bicyclic) bond motifs is 5. The topological polar surface area (TPSA) is 46.5 Å². The molecule has 4 aliphatic carbocycles. The SMILES string of the molecule is CCC(=O)OC1C[C@@H](O)CC2=CC[C@H]3[C@@H]4CC[C@H]([C@H](C)CCCC(C)C)[C@@]4(C)CC[C@@H]3[C@]21C. The average Bonchev–Trinajstić information content (AvgIpc) is 3.11. The van der Waals surface area contributed by atoms with Gasteiger partial charge in [0.1, 0.15) is 6.10 Å². The van der Waals surface area contributed by atoms with Crippen LogP contribution in [0, 0.1) is 46.3 Å². The minimum atomic E-state index is -0.382. The van der Waals surface area contributed by atoms with E-state index in [4.69, 9.17) is 4.74 Å². The Morgan fingerprint density at radius 3 is 2.61 bits per heavy atom. The van der Waals surface area contributed by atoms with Gasteiger partial charge in [-0.1, -0.05) is 72.5 Å². The Labute approximate surface area is 203 Å². The third-order valence-electron chi connectivity index (χ3n) is 10.9. The monoisotopic (exact) mass is 458 g/mol. The molecule has 0 heterocycles. The molecule has 9 atom stereocenters. The highest BCUT2D eigenvalue weighted by molar-refractivity contribution is 5.69. The molecule has 0 saturated heterocycles. The van der Waals surface area contributed by atoms with Gasteiger partial charge in [0.2, 0.25) is 0 Å². The van der Waals surface area contributed by atoms with Gasteiger partial charge in [0, 0.05) is 18.3 Å². The number of hydrogen-bond acceptors (Lipinski definition) is 3. The van der Waals surface area contributed by atoms with Crippen molar-refractivity contribution >= 4 is 5.97 Å². The Morgan fingerprint density at radius 1 is 1.15 bits per heavy atom. The first kappa shape index (κ1) is 25.3. The number of esters is 1. The number of aliphatic hydroxyl groups excluding tert-OH is 1. The van der Waals surface area contributed by atoms with E-state index in [1.165, 1.54) is 50.5 Å². The summed E-state index contributed by atoms with van der Waals surface area (Å²) in [6.45, 7) is 14.1. The Hall–Kier alpha value is -0.830. The highest BCUT2D eigenvalue weighted by Gasteiger charge is 2.61. The van der Waals surface area contributed by atoms with Gasteiger partial charge in [-0.15, -0.1) is 0 Å².